The Kier molecular flexibility index (Phi) is 6.08. The maximum absolute atomic E-state index is 12.3. The van der Waals surface area contributed by atoms with Crippen LogP contribution in [0.4, 0.5) is 5.82 Å². The van der Waals surface area contributed by atoms with Gasteiger partial charge < -0.3 is 5.32 Å². The molecule has 0 atom stereocenters. The number of H-pyrrole nitrogens is 1. The summed E-state index contributed by atoms with van der Waals surface area (Å²) < 4.78 is 3.09. The number of aromatic amines is 1. The molecule has 106 valence electrons. The van der Waals surface area contributed by atoms with Gasteiger partial charge in [0.2, 0.25) is 0 Å². The normalized spacial score (nSPS) is 10.6. The number of hydrogen-bond donors (Lipinski definition) is 2. The van der Waals surface area contributed by atoms with Crippen LogP contribution in [-0.4, -0.2) is 16.1 Å². The third kappa shape index (κ3) is 4.06. The summed E-state index contributed by atoms with van der Waals surface area (Å²) in [6.07, 6.45) is 1.98. The summed E-state index contributed by atoms with van der Waals surface area (Å²) >= 11 is 6.66. The van der Waals surface area contributed by atoms with Crippen LogP contribution in [0.15, 0.2) is 18.2 Å². The van der Waals surface area contributed by atoms with E-state index in [1.807, 2.05) is 18.2 Å². The van der Waals surface area contributed by atoms with E-state index in [-0.39, 0.29) is 5.91 Å². The van der Waals surface area contributed by atoms with Gasteiger partial charge in [0.1, 0.15) is 0 Å². The second kappa shape index (κ2) is 7.38. The molecule has 0 radical (unpaired) electrons. The van der Waals surface area contributed by atoms with Gasteiger partial charge in [-0.25, -0.2) is 0 Å². The number of halogens is 3. The van der Waals surface area contributed by atoms with E-state index in [0.717, 1.165) is 29.2 Å². The van der Waals surface area contributed by atoms with Gasteiger partial charge in [0.25, 0.3) is 5.91 Å². The zero-order chi connectivity index (χ0) is 14.7. The van der Waals surface area contributed by atoms with Crippen LogP contribution in [0.3, 0.4) is 0 Å². The number of carbonyl (C=O) groups excluding carboxylic acids is 1. The van der Waals surface area contributed by atoms with Gasteiger partial charge in [-0.15, -0.1) is 0 Å². The predicted octanol–water partition coefficient (Wildman–Crippen LogP) is 4.43. The maximum atomic E-state index is 12.3. The number of nitrogens with one attached hydrogen (secondary N) is 2. The molecule has 0 bridgehead atoms. The summed E-state index contributed by atoms with van der Waals surface area (Å²) in [5.74, 6) is 0.448. The van der Waals surface area contributed by atoms with Crippen LogP contribution >= 0.6 is 67.8 Å². The molecule has 0 aliphatic rings. The Labute approximate surface area is 158 Å². The van der Waals surface area contributed by atoms with Gasteiger partial charge in [0, 0.05) is 22.5 Å². The predicted molar refractivity (Wildman–Crippen MR) is 105 cm³/mol. The van der Waals surface area contributed by atoms with E-state index in [9.17, 15) is 4.79 Å². The molecule has 2 aromatic rings. The van der Waals surface area contributed by atoms with Gasteiger partial charge in [-0.1, -0.05) is 13.3 Å². The Balaban J connectivity index is 2.19. The van der Waals surface area contributed by atoms with E-state index >= 15 is 0 Å². The molecule has 20 heavy (non-hydrogen) atoms. The lowest BCUT2D eigenvalue weighted by molar-refractivity contribution is 0.102. The molecule has 0 saturated heterocycles. The fraction of sp³-hybridized carbons (Fsp3) is 0.231. The highest BCUT2D eigenvalue weighted by atomic mass is 127. The average molecular weight is 607 g/mol. The standard InChI is InChI=1S/C13H12I3N3O/c1-2-3-8-6-11(19-18-8)17-13(20)9-4-7(14)5-10(15)12(9)16/h4-6H,2-3H2,1H3,(H2,17,18,19,20). The molecule has 0 unspecified atom stereocenters. The lowest BCUT2D eigenvalue weighted by Crippen LogP contribution is -2.14. The number of benzene rings is 1. The Morgan fingerprint density at radius 1 is 1.30 bits per heavy atom. The molecule has 1 aromatic carbocycles. The smallest absolute Gasteiger partial charge is 0.258 e. The Morgan fingerprint density at radius 2 is 2.05 bits per heavy atom. The summed E-state index contributed by atoms with van der Waals surface area (Å²) in [6.45, 7) is 2.11. The van der Waals surface area contributed by atoms with Crippen LogP contribution in [0.5, 0.6) is 0 Å². The molecule has 0 aliphatic heterocycles. The fourth-order valence-electron chi connectivity index (χ4n) is 1.73. The fourth-order valence-corrected chi connectivity index (χ4v) is 4.13. The van der Waals surface area contributed by atoms with Crippen LogP contribution in [0.1, 0.15) is 29.4 Å². The molecular formula is C13H12I3N3O. The highest BCUT2D eigenvalue weighted by Crippen LogP contribution is 2.23. The van der Waals surface area contributed by atoms with Gasteiger partial charge in [0.15, 0.2) is 5.82 Å². The van der Waals surface area contributed by atoms with E-state index in [0.29, 0.717) is 11.4 Å². The first-order valence-corrected chi connectivity index (χ1v) is 9.25. The Hall–Kier alpha value is 0.0900. The highest BCUT2D eigenvalue weighted by molar-refractivity contribution is 14.1. The van der Waals surface area contributed by atoms with E-state index in [4.69, 9.17) is 0 Å². The largest absolute Gasteiger partial charge is 0.305 e. The lowest BCUT2D eigenvalue weighted by Gasteiger charge is -2.07. The van der Waals surface area contributed by atoms with Crippen molar-refractivity contribution in [2.75, 3.05) is 5.32 Å². The number of anilines is 1. The van der Waals surface area contributed by atoms with E-state index in [2.05, 4.69) is 90.2 Å². The minimum Gasteiger partial charge on any atom is -0.305 e. The molecule has 0 fully saturated rings. The molecule has 7 heteroatoms. The summed E-state index contributed by atoms with van der Waals surface area (Å²) in [5.41, 5.74) is 1.72. The summed E-state index contributed by atoms with van der Waals surface area (Å²) in [6, 6.07) is 5.82. The maximum Gasteiger partial charge on any atom is 0.258 e. The molecule has 0 spiro atoms. The SMILES string of the molecule is CCCc1cc(NC(=O)c2cc(I)cc(I)c2I)n[nH]1. The molecule has 0 aliphatic carbocycles. The third-order valence-corrected chi connectivity index (χ3v) is 6.30. The van der Waals surface area contributed by atoms with Crippen molar-refractivity contribution in [2.24, 2.45) is 0 Å². The molecule has 1 heterocycles. The van der Waals surface area contributed by atoms with Gasteiger partial charge in [-0.05, 0) is 86.3 Å². The van der Waals surface area contributed by atoms with Gasteiger partial charge in [0.05, 0.1) is 5.56 Å². The van der Waals surface area contributed by atoms with Crippen molar-refractivity contribution in [3.05, 3.63) is 40.2 Å². The first-order valence-electron chi connectivity index (χ1n) is 6.01. The summed E-state index contributed by atoms with van der Waals surface area (Å²) in [4.78, 5) is 12.3. The van der Waals surface area contributed by atoms with Crippen LogP contribution in [-0.2, 0) is 6.42 Å². The minimum atomic E-state index is -0.125. The van der Waals surface area contributed by atoms with Crippen LogP contribution < -0.4 is 5.32 Å². The zero-order valence-corrected chi connectivity index (χ0v) is 17.1. The number of carbonyl (C=O) groups is 1. The van der Waals surface area contributed by atoms with Crippen molar-refractivity contribution in [3.63, 3.8) is 0 Å². The van der Waals surface area contributed by atoms with Crippen molar-refractivity contribution >= 4 is 79.5 Å². The van der Waals surface area contributed by atoms with E-state index in [1.54, 1.807) is 0 Å². The van der Waals surface area contributed by atoms with Crippen LogP contribution in [0.25, 0.3) is 0 Å². The lowest BCUT2D eigenvalue weighted by atomic mass is 10.2. The zero-order valence-electron chi connectivity index (χ0n) is 10.6. The molecule has 0 saturated carbocycles. The second-order valence-electron chi connectivity index (χ2n) is 4.23. The summed E-state index contributed by atoms with van der Waals surface area (Å²) in [5, 5.41) is 9.88. The summed E-state index contributed by atoms with van der Waals surface area (Å²) in [7, 11) is 0. The van der Waals surface area contributed by atoms with Crippen molar-refractivity contribution in [1.82, 2.24) is 10.2 Å². The topological polar surface area (TPSA) is 57.8 Å². The van der Waals surface area contributed by atoms with E-state index < -0.39 is 0 Å². The van der Waals surface area contributed by atoms with Crippen molar-refractivity contribution < 1.29 is 4.79 Å². The average Bonchev–Trinajstić information content (AvgIpc) is 2.81. The monoisotopic (exact) mass is 607 g/mol. The Bertz CT molecular complexity index is 640. The number of aromatic nitrogens is 2. The molecular weight excluding hydrogens is 595 g/mol. The number of rotatable bonds is 4. The molecule has 4 nitrogen and oxygen atoms in total. The first kappa shape index (κ1) is 16.5. The van der Waals surface area contributed by atoms with E-state index in [1.165, 1.54) is 0 Å². The highest BCUT2D eigenvalue weighted by Gasteiger charge is 2.15. The molecule has 1 amide bonds. The minimum absolute atomic E-state index is 0.125. The van der Waals surface area contributed by atoms with Gasteiger partial charge in [-0.3, -0.25) is 9.89 Å². The molecule has 2 rings (SSSR count). The van der Waals surface area contributed by atoms with Gasteiger partial charge in [-0.2, -0.15) is 5.10 Å². The quantitative estimate of drug-likeness (QED) is 0.400. The van der Waals surface area contributed by atoms with Crippen molar-refractivity contribution in [1.29, 1.82) is 0 Å². The number of nitrogens with zero attached hydrogens (tertiary/aromatic N) is 1. The second-order valence-corrected chi connectivity index (χ2v) is 7.72. The molecule has 1 aromatic heterocycles. The number of hydrogen-bond acceptors (Lipinski definition) is 2. The number of aryl methyl sites for hydroxylation is 1. The van der Waals surface area contributed by atoms with Crippen LogP contribution in [0, 0.1) is 10.7 Å². The number of amides is 1. The van der Waals surface area contributed by atoms with Crippen molar-refractivity contribution in [3.8, 4) is 0 Å². The third-order valence-electron chi connectivity index (χ3n) is 2.63. The Morgan fingerprint density at radius 3 is 2.75 bits per heavy atom. The first-order chi connectivity index (χ1) is 9.51. The molecule has 2 N–H and O–H groups in total. The van der Waals surface area contributed by atoms with Crippen LogP contribution in [0.2, 0.25) is 0 Å². The van der Waals surface area contributed by atoms with Gasteiger partial charge >= 0.3 is 0 Å². The van der Waals surface area contributed by atoms with Crippen molar-refractivity contribution in [2.45, 2.75) is 19.8 Å².